The van der Waals surface area contributed by atoms with Gasteiger partial charge in [0, 0.05) is 22.8 Å². The second-order valence-electron chi connectivity index (χ2n) is 6.42. The number of benzene rings is 1. The maximum atomic E-state index is 5.14. The molecule has 2 nitrogen and oxygen atoms in total. The highest BCUT2D eigenvalue weighted by atomic mass is 32.1. The Morgan fingerprint density at radius 3 is 2.81 bits per heavy atom. The molecule has 0 aliphatic heterocycles. The van der Waals surface area contributed by atoms with Gasteiger partial charge in [0.1, 0.15) is 5.01 Å². The van der Waals surface area contributed by atoms with Crippen LogP contribution in [0.5, 0.6) is 0 Å². The number of thiazole rings is 1. The number of hydrogen-bond acceptors (Lipinski definition) is 3. The molecule has 110 valence electrons. The van der Waals surface area contributed by atoms with E-state index in [1.54, 1.807) is 4.88 Å². The maximum Gasteiger partial charge on any atom is 0.104 e. The molecule has 0 radical (unpaired) electrons. The van der Waals surface area contributed by atoms with Crippen LogP contribution < -0.4 is 5.32 Å². The molecule has 1 N–H and O–H groups in total. The van der Waals surface area contributed by atoms with Gasteiger partial charge in [-0.2, -0.15) is 0 Å². The van der Waals surface area contributed by atoms with Gasteiger partial charge in [0.25, 0.3) is 0 Å². The standard InChI is InChI=1S/C18H22N2S/c1-19-12-13-6-5-9-15-16(13)20-17(21-15)18(10-11-18)14-7-3-2-4-8-14/h2-4,7-8,13,19H,5-6,9-12H2,1H3. The van der Waals surface area contributed by atoms with Crippen molar-refractivity contribution in [3.05, 3.63) is 51.5 Å². The van der Waals surface area contributed by atoms with E-state index >= 15 is 0 Å². The molecule has 0 amide bonds. The Kier molecular flexibility index (Phi) is 3.35. The zero-order valence-electron chi connectivity index (χ0n) is 12.6. The summed E-state index contributed by atoms with van der Waals surface area (Å²) < 4.78 is 0. The average Bonchev–Trinajstić information content (AvgIpc) is 3.22. The van der Waals surface area contributed by atoms with Crippen LogP contribution >= 0.6 is 11.3 Å². The second-order valence-corrected chi connectivity index (χ2v) is 7.51. The minimum absolute atomic E-state index is 0.244. The molecular weight excluding hydrogens is 276 g/mol. The molecule has 3 heteroatoms. The van der Waals surface area contributed by atoms with Crippen molar-refractivity contribution in [1.82, 2.24) is 10.3 Å². The number of aromatic nitrogens is 1. The Morgan fingerprint density at radius 1 is 1.29 bits per heavy atom. The lowest BCUT2D eigenvalue weighted by atomic mass is 9.90. The minimum Gasteiger partial charge on any atom is -0.319 e. The Bertz CT molecular complexity index is 628. The highest BCUT2D eigenvalue weighted by Gasteiger charge is 2.49. The number of fused-ring (bicyclic) bond motifs is 1. The van der Waals surface area contributed by atoms with Crippen molar-refractivity contribution in [2.75, 3.05) is 13.6 Å². The molecule has 1 aromatic carbocycles. The van der Waals surface area contributed by atoms with Crippen molar-refractivity contribution in [2.45, 2.75) is 43.4 Å². The van der Waals surface area contributed by atoms with E-state index in [1.807, 2.05) is 18.4 Å². The van der Waals surface area contributed by atoms with Gasteiger partial charge in [-0.3, -0.25) is 0 Å². The minimum atomic E-state index is 0.244. The molecule has 1 heterocycles. The molecule has 0 saturated heterocycles. The van der Waals surface area contributed by atoms with Crippen LogP contribution in [0.1, 0.15) is 52.7 Å². The second kappa shape index (κ2) is 5.22. The topological polar surface area (TPSA) is 24.9 Å². The quantitative estimate of drug-likeness (QED) is 0.927. The molecule has 1 aromatic heterocycles. The summed E-state index contributed by atoms with van der Waals surface area (Å²) in [5, 5.41) is 4.71. The van der Waals surface area contributed by atoms with Crippen molar-refractivity contribution in [3.63, 3.8) is 0 Å². The van der Waals surface area contributed by atoms with Crippen LogP contribution in [0.25, 0.3) is 0 Å². The van der Waals surface area contributed by atoms with Gasteiger partial charge >= 0.3 is 0 Å². The molecule has 0 spiro atoms. The predicted octanol–water partition coefficient (Wildman–Crippen LogP) is 3.86. The van der Waals surface area contributed by atoms with Crippen LogP contribution in [0.4, 0.5) is 0 Å². The van der Waals surface area contributed by atoms with E-state index < -0.39 is 0 Å². The lowest BCUT2D eigenvalue weighted by molar-refractivity contribution is 0.521. The van der Waals surface area contributed by atoms with Crippen LogP contribution in [0.2, 0.25) is 0 Å². The zero-order chi connectivity index (χ0) is 14.3. The van der Waals surface area contributed by atoms with Crippen molar-refractivity contribution >= 4 is 11.3 Å². The summed E-state index contributed by atoms with van der Waals surface area (Å²) in [6.45, 7) is 1.06. The fourth-order valence-electron chi connectivity index (χ4n) is 3.67. The summed E-state index contributed by atoms with van der Waals surface area (Å²) in [6.07, 6.45) is 6.37. The highest BCUT2D eigenvalue weighted by molar-refractivity contribution is 7.12. The summed E-state index contributed by atoms with van der Waals surface area (Å²) >= 11 is 1.99. The first kappa shape index (κ1) is 13.5. The van der Waals surface area contributed by atoms with Gasteiger partial charge in [-0.15, -0.1) is 11.3 Å². The van der Waals surface area contributed by atoms with Gasteiger partial charge in [-0.1, -0.05) is 30.3 Å². The largest absolute Gasteiger partial charge is 0.319 e. The highest BCUT2D eigenvalue weighted by Crippen LogP contribution is 2.55. The lowest BCUT2D eigenvalue weighted by Crippen LogP contribution is -2.21. The first-order valence-corrected chi connectivity index (χ1v) is 8.85. The SMILES string of the molecule is CNCC1CCCc2sc(C3(c4ccccc4)CC3)nc21. The fraction of sp³-hybridized carbons (Fsp3) is 0.500. The van der Waals surface area contributed by atoms with Crippen LogP contribution in [-0.2, 0) is 11.8 Å². The van der Waals surface area contributed by atoms with Crippen LogP contribution in [0, 0.1) is 0 Å². The molecular formula is C18H22N2S. The fourth-order valence-corrected chi connectivity index (χ4v) is 5.12. The lowest BCUT2D eigenvalue weighted by Gasteiger charge is -2.20. The summed E-state index contributed by atoms with van der Waals surface area (Å²) in [5.41, 5.74) is 3.10. The van der Waals surface area contributed by atoms with Gasteiger partial charge in [0.2, 0.25) is 0 Å². The number of nitrogens with zero attached hydrogens (tertiary/aromatic N) is 1. The monoisotopic (exact) mass is 298 g/mol. The molecule has 1 unspecified atom stereocenters. The van der Waals surface area contributed by atoms with Crippen molar-refractivity contribution in [2.24, 2.45) is 0 Å². The molecule has 2 aliphatic carbocycles. The zero-order valence-corrected chi connectivity index (χ0v) is 13.4. The molecule has 1 fully saturated rings. The Morgan fingerprint density at radius 2 is 2.10 bits per heavy atom. The van der Waals surface area contributed by atoms with Gasteiger partial charge in [-0.05, 0) is 44.7 Å². The Labute approximate surface area is 130 Å². The number of hydrogen-bond donors (Lipinski definition) is 1. The molecule has 1 saturated carbocycles. The number of nitrogens with one attached hydrogen (secondary N) is 1. The number of likely N-dealkylation sites (N-methyl/N-ethyl adjacent to an activating group) is 1. The first-order valence-electron chi connectivity index (χ1n) is 8.04. The third-order valence-corrected chi connectivity index (χ3v) is 6.34. The normalized spacial score (nSPS) is 22.8. The molecule has 1 atom stereocenters. The first-order chi connectivity index (χ1) is 10.3. The van der Waals surface area contributed by atoms with Crippen LogP contribution in [0.15, 0.2) is 30.3 Å². The van der Waals surface area contributed by atoms with E-state index in [4.69, 9.17) is 4.98 Å². The Balaban J connectivity index is 1.71. The van der Waals surface area contributed by atoms with E-state index in [0.29, 0.717) is 5.92 Å². The molecule has 4 rings (SSSR count). The summed E-state index contributed by atoms with van der Waals surface area (Å²) in [6, 6.07) is 11.0. The Hall–Kier alpha value is -1.19. The third-order valence-electron chi connectivity index (χ3n) is 5.01. The smallest absolute Gasteiger partial charge is 0.104 e. The third kappa shape index (κ3) is 2.23. The summed E-state index contributed by atoms with van der Waals surface area (Å²) in [7, 11) is 2.05. The molecule has 2 aromatic rings. The van der Waals surface area contributed by atoms with E-state index in [0.717, 1.165) is 6.54 Å². The van der Waals surface area contributed by atoms with E-state index in [2.05, 4.69) is 35.6 Å². The number of aryl methyl sites for hydroxylation is 1. The predicted molar refractivity (Wildman–Crippen MR) is 88.2 cm³/mol. The van der Waals surface area contributed by atoms with Gasteiger partial charge in [0.05, 0.1) is 5.69 Å². The van der Waals surface area contributed by atoms with Crippen molar-refractivity contribution < 1.29 is 0 Å². The van der Waals surface area contributed by atoms with Crippen molar-refractivity contribution in [1.29, 1.82) is 0 Å². The van der Waals surface area contributed by atoms with E-state index in [1.165, 1.54) is 48.4 Å². The van der Waals surface area contributed by atoms with Gasteiger partial charge in [0.15, 0.2) is 0 Å². The van der Waals surface area contributed by atoms with E-state index in [9.17, 15) is 0 Å². The van der Waals surface area contributed by atoms with Gasteiger partial charge < -0.3 is 5.32 Å². The molecule has 2 aliphatic rings. The van der Waals surface area contributed by atoms with Crippen LogP contribution in [0.3, 0.4) is 0 Å². The maximum absolute atomic E-state index is 5.14. The van der Waals surface area contributed by atoms with Crippen molar-refractivity contribution in [3.8, 4) is 0 Å². The molecule has 21 heavy (non-hydrogen) atoms. The van der Waals surface area contributed by atoms with E-state index in [-0.39, 0.29) is 5.41 Å². The summed E-state index contributed by atoms with van der Waals surface area (Å²) in [5.74, 6) is 0.621. The number of rotatable bonds is 4. The summed E-state index contributed by atoms with van der Waals surface area (Å²) in [4.78, 5) is 6.69. The average molecular weight is 298 g/mol. The molecule has 0 bridgehead atoms. The van der Waals surface area contributed by atoms with Crippen LogP contribution in [-0.4, -0.2) is 18.6 Å². The van der Waals surface area contributed by atoms with Gasteiger partial charge in [-0.25, -0.2) is 4.98 Å².